The monoisotopic (exact) mass is 790 g/mol. The molecule has 0 saturated carbocycles. The van der Waals surface area contributed by atoms with Crippen LogP contribution in [0.4, 0.5) is 0 Å². The third-order valence-corrected chi connectivity index (χ3v) is 11.3. The summed E-state index contributed by atoms with van der Waals surface area (Å²) in [4.78, 5) is 12.4. The van der Waals surface area contributed by atoms with Crippen LogP contribution in [-0.2, 0) is 4.79 Å². The lowest BCUT2D eigenvalue weighted by atomic mass is 10.00. The van der Waals surface area contributed by atoms with Gasteiger partial charge in [0.05, 0.1) is 18.8 Å². The van der Waals surface area contributed by atoms with Crippen molar-refractivity contribution in [2.75, 3.05) is 6.61 Å². The number of carbonyl (C=O) groups is 1. The minimum Gasteiger partial charge on any atom is -0.394 e. The van der Waals surface area contributed by atoms with Gasteiger partial charge in [-0.05, 0) is 64.2 Å². The SMILES string of the molecule is CCCCCCCCCCCCCCCCCCC/C=C/CC/C=C/CC/C=C/CCCC(O)C(O)C(CO)NC(=O)C(O)CCCCCCCCCCCC. The molecule has 0 aromatic carbocycles. The Balaban J connectivity index is 3.69. The predicted molar refractivity (Wildman–Crippen MR) is 242 cm³/mol. The summed E-state index contributed by atoms with van der Waals surface area (Å²) < 4.78 is 0. The molecular weight excluding hydrogens is 695 g/mol. The first-order valence-electron chi connectivity index (χ1n) is 24.4. The fourth-order valence-corrected chi connectivity index (χ4v) is 7.44. The first kappa shape index (κ1) is 54.5. The molecule has 0 aliphatic carbocycles. The number of carbonyl (C=O) groups excluding carboxylic acids is 1. The van der Waals surface area contributed by atoms with Gasteiger partial charge in [-0.3, -0.25) is 4.79 Å². The molecule has 4 unspecified atom stereocenters. The van der Waals surface area contributed by atoms with Gasteiger partial charge in [0.25, 0.3) is 0 Å². The van der Waals surface area contributed by atoms with Crippen LogP contribution in [0.1, 0.15) is 245 Å². The second-order valence-corrected chi connectivity index (χ2v) is 16.8. The first-order chi connectivity index (χ1) is 27.5. The van der Waals surface area contributed by atoms with E-state index >= 15 is 0 Å². The van der Waals surface area contributed by atoms with E-state index in [1.54, 1.807) is 0 Å². The topological polar surface area (TPSA) is 110 Å². The molecule has 0 aromatic heterocycles. The van der Waals surface area contributed by atoms with E-state index < -0.39 is 36.9 Å². The Bertz CT molecular complexity index is 889. The molecule has 4 atom stereocenters. The Labute approximate surface area is 347 Å². The lowest BCUT2D eigenvalue weighted by Crippen LogP contribution is -2.53. The van der Waals surface area contributed by atoms with Crippen molar-refractivity contribution < 1.29 is 25.2 Å². The van der Waals surface area contributed by atoms with Crippen molar-refractivity contribution in [3.05, 3.63) is 36.5 Å². The van der Waals surface area contributed by atoms with Crippen molar-refractivity contribution in [2.24, 2.45) is 0 Å². The molecule has 0 bridgehead atoms. The quantitative estimate of drug-likeness (QED) is 0.0312. The maximum Gasteiger partial charge on any atom is 0.249 e. The zero-order valence-corrected chi connectivity index (χ0v) is 37.1. The summed E-state index contributed by atoms with van der Waals surface area (Å²) in [5.74, 6) is -0.601. The van der Waals surface area contributed by atoms with E-state index in [1.165, 1.54) is 161 Å². The number of aliphatic hydroxyl groups excluding tert-OH is 4. The van der Waals surface area contributed by atoms with E-state index in [9.17, 15) is 25.2 Å². The Kier molecular flexibility index (Phi) is 43.5. The number of allylic oxidation sites excluding steroid dienone is 6. The number of rotatable bonds is 44. The van der Waals surface area contributed by atoms with Gasteiger partial charge in [-0.15, -0.1) is 0 Å². The highest BCUT2D eigenvalue weighted by Crippen LogP contribution is 2.16. The third-order valence-electron chi connectivity index (χ3n) is 11.3. The Morgan fingerprint density at radius 1 is 0.429 bits per heavy atom. The largest absolute Gasteiger partial charge is 0.394 e. The molecule has 0 fully saturated rings. The molecular formula is C50H95NO5. The van der Waals surface area contributed by atoms with Crippen LogP contribution >= 0.6 is 0 Å². The van der Waals surface area contributed by atoms with Crippen LogP contribution in [0, 0.1) is 0 Å². The van der Waals surface area contributed by atoms with Gasteiger partial charge in [-0.2, -0.15) is 0 Å². The minimum absolute atomic E-state index is 0.359. The molecule has 56 heavy (non-hydrogen) atoms. The van der Waals surface area contributed by atoms with Gasteiger partial charge in [-0.1, -0.05) is 217 Å². The average molecular weight is 790 g/mol. The summed E-state index contributed by atoms with van der Waals surface area (Å²) in [5, 5.41) is 43.6. The molecule has 330 valence electrons. The number of unbranched alkanes of at least 4 members (excludes halogenated alkanes) is 29. The second-order valence-electron chi connectivity index (χ2n) is 16.8. The summed E-state index contributed by atoms with van der Waals surface area (Å²) in [5.41, 5.74) is 0. The van der Waals surface area contributed by atoms with E-state index in [2.05, 4.69) is 55.6 Å². The van der Waals surface area contributed by atoms with Gasteiger partial charge >= 0.3 is 0 Å². The Morgan fingerprint density at radius 3 is 1.12 bits per heavy atom. The molecule has 6 heteroatoms. The van der Waals surface area contributed by atoms with Crippen molar-refractivity contribution in [3.63, 3.8) is 0 Å². The molecule has 0 aliphatic heterocycles. The molecule has 0 aliphatic rings. The summed E-state index contributed by atoms with van der Waals surface area (Å²) in [7, 11) is 0. The zero-order chi connectivity index (χ0) is 41.0. The van der Waals surface area contributed by atoms with Crippen molar-refractivity contribution in [1.29, 1.82) is 0 Å². The maximum absolute atomic E-state index is 12.4. The van der Waals surface area contributed by atoms with E-state index in [-0.39, 0.29) is 0 Å². The molecule has 1 amide bonds. The van der Waals surface area contributed by atoms with Crippen molar-refractivity contribution in [3.8, 4) is 0 Å². The van der Waals surface area contributed by atoms with E-state index in [1.807, 2.05) is 0 Å². The molecule has 0 heterocycles. The fourth-order valence-electron chi connectivity index (χ4n) is 7.44. The molecule has 0 radical (unpaired) electrons. The number of hydrogen-bond acceptors (Lipinski definition) is 5. The number of aliphatic hydroxyl groups is 4. The predicted octanol–water partition coefficient (Wildman–Crippen LogP) is 13.3. The molecule has 0 aromatic rings. The summed E-state index contributed by atoms with van der Waals surface area (Å²) in [6, 6.07) is -1.01. The fraction of sp³-hybridized carbons (Fsp3) is 0.860. The third kappa shape index (κ3) is 38.1. The van der Waals surface area contributed by atoms with E-state index in [0.29, 0.717) is 19.3 Å². The van der Waals surface area contributed by atoms with Gasteiger partial charge in [-0.25, -0.2) is 0 Å². The Hall–Kier alpha value is -1.47. The molecule has 0 saturated heterocycles. The van der Waals surface area contributed by atoms with E-state index in [0.717, 1.165) is 51.4 Å². The minimum atomic E-state index is -1.29. The highest BCUT2D eigenvalue weighted by molar-refractivity contribution is 5.80. The van der Waals surface area contributed by atoms with Crippen LogP contribution in [0.25, 0.3) is 0 Å². The Morgan fingerprint density at radius 2 is 0.750 bits per heavy atom. The molecule has 6 nitrogen and oxygen atoms in total. The molecule has 0 spiro atoms. The molecule has 0 rings (SSSR count). The summed E-state index contributed by atoms with van der Waals surface area (Å²) in [6.07, 6.45) is 53.6. The number of nitrogens with one attached hydrogen (secondary N) is 1. The smallest absolute Gasteiger partial charge is 0.249 e. The average Bonchev–Trinajstić information content (AvgIpc) is 3.20. The van der Waals surface area contributed by atoms with Crippen LogP contribution in [0.5, 0.6) is 0 Å². The lowest BCUT2D eigenvalue weighted by Gasteiger charge is -2.27. The second kappa shape index (κ2) is 44.6. The highest BCUT2D eigenvalue weighted by atomic mass is 16.3. The standard InChI is InChI=1S/C50H95NO5/c1-3-5-7-9-11-13-15-16-17-18-19-20-21-22-23-24-25-26-27-28-29-30-31-32-33-34-36-37-39-41-43-47(53)49(55)46(45-52)51-50(56)48(54)44-42-40-38-35-14-12-10-8-6-4-2/h27-28,31-32,36-37,46-49,52-55H,3-26,29-30,33-35,38-45H2,1-2H3,(H,51,56)/b28-27+,32-31+,37-36+. The summed E-state index contributed by atoms with van der Waals surface area (Å²) >= 11 is 0. The maximum atomic E-state index is 12.4. The highest BCUT2D eigenvalue weighted by Gasteiger charge is 2.28. The van der Waals surface area contributed by atoms with Gasteiger partial charge in [0.15, 0.2) is 0 Å². The lowest BCUT2D eigenvalue weighted by molar-refractivity contribution is -0.132. The number of amides is 1. The summed E-state index contributed by atoms with van der Waals surface area (Å²) in [6.45, 7) is 4.02. The van der Waals surface area contributed by atoms with Crippen molar-refractivity contribution in [1.82, 2.24) is 5.32 Å². The van der Waals surface area contributed by atoms with Crippen molar-refractivity contribution in [2.45, 2.75) is 269 Å². The van der Waals surface area contributed by atoms with Crippen LogP contribution in [0.3, 0.4) is 0 Å². The van der Waals surface area contributed by atoms with Crippen LogP contribution in [0.15, 0.2) is 36.5 Å². The first-order valence-corrected chi connectivity index (χ1v) is 24.4. The zero-order valence-electron chi connectivity index (χ0n) is 37.1. The van der Waals surface area contributed by atoms with E-state index in [4.69, 9.17) is 0 Å². The number of hydrogen-bond donors (Lipinski definition) is 5. The molecule has 5 N–H and O–H groups in total. The van der Waals surface area contributed by atoms with Gasteiger partial charge < -0.3 is 25.7 Å². The van der Waals surface area contributed by atoms with Gasteiger partial charge in [0.2, 0.25) is 5.91 Å². The normalized spacial score (nSPS) is 14.3. The van der Waals surface area contributed by atoms with Crippen LogP contribution < -0.4 is 5.32 Å². The van der Waals surface area contributed by atoms with Crippen LogP contribution in [0.2, 0.25) is 0 Å². The van der Waals surface area contributed by atoms with Gasteiger partial charge in [0.1, 0.15) is 12.2 Å². The van der Waals surface area contributed by atoms with Crippen LogP contribution in [-0.4, -0.2) is 57.3 Å². The van der Waals surface area contributed by atoms with Crippen molar-refractivity contribution >= 4 is 5.91 Å². The van der Waals surface area contributed by atoms with Gasteiger partial charge in [0, 0.05) is 0 Å².